The fourth-order valence-corrected chi connectivity index (χ4v) is 1.99. The Morgan fingerprint density at radius 3 is 3.33 bits per heavy atom. The van der Waals surface area contributed by atoms with Crippen LogP contribution in [0.1, 0.15) is 18.5 Å². The second kappa shape index (κ2) is 5.23. The summed E-state index contributed by atoms with van der Waals surface area (Å²) in [6.07, 6.45) is 4.52. The van der Waals surface area contributed by atoms with Gasteiger partial charge in [0.1, 0.15) is 5.69 Å². The summed E-state index contributed by atoms with van der Waals surface area (Å²) in [7, 11) is 1.67. The molecule has 0 bridgehead atoms. The molecule has 1 aliphatic rings. The molecule has 2 rings (SSSR count). The normalized spacial score (nSPS) is 21.8. The van der Waals surface area contributed by atoms with Crippen LogP contribution < -0.4 is 5.32 Å². The van der Waals surface area contributed by atoms with Crippen molar-refractivity contribution >= 4 is 0 Å². The first kappa shape index (κ1) is 10.6. The molecule has 15 heavy (non-hydrogen) atoms. The smallest absolute Gasteiger partial charge is 0.108 e. The molecule has 5 heteroatoms. The Bertz CT molecular complexity index is 293. The standard InChI is InChI=1S/C10H18N4O/c1-15-8-10-7-14(13-12-10)6-9-3-2-4-11-5-9/h7,9,11H,2-6,8H2,1H3/t9-/m0/s1. The Kier molecular flexibility index (Phi) is 3.69. The van der Waals surface area contributed by atoms with Crippen molar-refractivity contribution in [1.29, 1.82) is 0 Å². The van der Waals surface area contributed by atoms with E-state index in [2.05, 4.69) is 15.6 Å². The molecule has 84 valence electrons. The molecule has 1 aliphatic heterocycles. The van der Waals surface area contributed by atoms with E-state index < -0.39 is 0 Å². The number of hydrogen-bond donors (Lipinski definition) is 1. The summed E-state index contributed by atoms with van der Waals surface area (Å²) in [6, 6.07) is 0. The molecule has 1 N–H and O–H groups in total. The summed E-state index contributed by atoms with van der Waals surface area (Å²) in [4.78, 5) is 0. The Hall–Kier alpha value is -0.940. The van der Waals surface area contributed by atoms with Crippen LogP contribution in [0.25, 0.3) is 0 Å². The van der Waals surface area contributed by atoms with Crippen LogP contribution >= 0.6 is 0 Å². The first-order valence-electron chi connectivity index (χ1n) is 5.47. The fourth-order valence-electron chi connectivity index (χ4n) is 1.99. The van der Waals surface area contributed by atoms with Crippen molar-refractivity contribution in [2.75, 3.05) is 20.2 Å². The maximum absolute atomic E-state index is 5.00. The maximum atomic E-state index is 5.00. The number of ether oxygens (including phenoxy) is 1. The predicted molar refractivity (Wildman–Crippen MR) is 56.3 cm³/mol. The van der Waals surface area contributed by atoms with Crippen molar-refractivity contribution in [2.24, 2.45) is 5.92 Å². The van der Waals surface area contributed by atoms with Gasteiger partial charge >= 0.3 is 0 Å². The molecule has 1 fully saturated rings. The number of rotatable bonds is 4. The molecule has 0 amide bonds. The topological polar surface area (TPSA) is 52.0 Å². The fraction of sp³-hybridized carbons (Fsp3) is 0.800. The van der Waals surface area contributed by atoms with Gasteiger partial charge in [-0.25, -0.2) is 0 Å². The van der Waals surface area contributed by atoms with Crippen molar-refractivity contribution in [3.8, 4) is 0 Å². The molecule has 0 aliphatic carbocycles. The first-order valence-corrected chi connectivity index (χ1v) is 5.47. The molecule has 0 saturated carbocycles. The van der Waals surface area contributed by atoms with Gasteiger partial charge in [-0.05, 0) is 31.8 Å². The van der Waals surface area contributed by atoms with Gasteiger partial charge < -0.3 is 10.1 Å². The van der Waals surface area contributed by atoms with E-state index in [-0.39, 0.29) is 0 Å². The van der Waals surface area contributed by atoms with E-state index in [0.29, 0.717) is 12.5 Å². The van der Waals surface area contributed by atoms with Gasteiger partial charge in [0.2, 0.25) is 0 Å². The molecule has 1 aromatic heterocycles. The zero-order valence-corrected chi connectivity index (χ0v) is 9.15. The van der Waals surface area contributed by atoms with E-state index in [1.807, 2.05) is 10.9 Å². The Morgan fingerprint density at radius 2 is 2.60 bits per heavy atom. The van der Waals surface area contributed by atoms with Crippen molar-refractivity contribution in [3.63, 3.8) is 0 Å². The van der Waals surface area contributed by atoms with Gasteiger partial charge in [-0.2, -0.15) is 0 Å². The van der Waals surface area contributed by atoms with Gasteiger partial charge in [0.05, 0.1) is 12.8 Å². The highest BCUT2D eigenvalue weighted by molar-refractivity contribution is 4.89. The highest BCUT2D eigenvalue weighted by atomic mass is 16.5. The molecule has 1 saturated heterocycles. The number of nitrogens with zero attached hydrogens (tertiary/aromatic N) is 3. The van der Waals surface area contributed by atoms with Crippen LogP contribution in [0.5, 0.6) is 0 Å². The number of methoxy groups -OCH3 is 1. The molecular weight excluding hydrogens is 192 g/mol. The number of piperidine rings is 1. The van der Waals surface area contributed by atoms with E-state index in [4.69, 9.17) is 4.74 Å². The average Bonchev–Trinajstić information content (AvgIpc) is 2.68. The predicted octanol–water partition coefficient (Wildman–Crippen LogP) is 0.424. The third-order valence-corrected chi connectivity index (χ3v) is 2.72. The molecule has 1 atom stereocenters. The van der Waals surface area contributed by atoms with Gasteiger partial charge in [0.25, 0.3) is 0 Å². The summed E-state index contributed by atoms with van der Waals surface area (Å²) >= 11 is 0. The van der Waals surface area contributed by atoms with Crippen molar-refractivity contribution in [2.45, 2.75) is 26.0 Å². The second-order valence-corrected chi connectivity index (χ2v) is 4.08. The Balaban J connectivity index is 1.86. The lowest BCUT2D eigenvalue weighted by atomic mass is 10.00. The third kappa shape index (κ3) is 3.00. The van der Waals surface area contributed by atoms with Gasteiger partial charge in [-0.1, -0.05) is 5.21 Å². The number of aromatic nitrogens is 3. The molecular formula is C10H18N4O. The zero-order chi connectivity index (χ0) is 10.5. The van der Waals surface area contributed by atoms with Crippen molar-refractivity contribution < 1.29 is 4.74 Å². The lowest BCUT2D eigenvalue weighted by molar-refractivity contribution is 0.181. The molecule has 5 nitrogen and oxygen atoms in total. The van der Waals surface area contributed by atoms with Gasteiger partial charge in [-0.15, -0.1) is 5.10 Å². The summed E-state index contributed by atoms with van der Waals surface area (Å²) in [6.45, 7) is 3.76. The lowest BCUT2D eigenvalue weighted by Gasteiger charge is -2.22. The summed E-state index contributed by atoms with van der Waals surface area (Å²) in [5, 5.41) is 11.5. The lowest BCUT2D eigenvalue weighted by Crippen LogP contribution is -2.32. The van der Waals surface area contributed by atoms with Crippen LogP contribution in [0.3, 0.4) is 0 Å². The van der Waals surface area contributed by atoms with Crippen LogP contribution in [-0.2, 0) is 17.9 Å². The van der Waals surface area contributed by atoms with E-state index in [1.54, 1.807) is 7.11 Å². The van der Waals surface area contributed by atoms with E-state index in [0.717, 1.165) is 25.3 Å². The van der Waals surface area contributed by atoms with Crippen LogP contribution in [-0.4, -0.2) is 35.2 Å². The number of nitrogens with one attached hydrogen (secondary N) is 1. The average molecular weight is 210 g/mol. The quantitative estimate of drug-likeness (QED) is 0.782. The highest BCUT2D eigenvalue weighted by Gasteiger charge is 2.14. The minimum Gasteiger partial charge on any atom is -0.378 e. The second-order valence-electron chi connectivity index (χ2n) is 4.08. The SMILES string of the molecule is COCc1cn(C[C@H]2CCCNC2)nn1. The van der Waals surface area contributed by atoms with E-state index in [9.17, 15) is 0 Å². The summed E-state index contributed by atoms with van der Waals surface area (Å²) in [5.74, 6) is 0.691. The van der Waals surface area contributed by atoms with E-state index >= 15 is 0 Å². The van der Waals surface area contributed by atoms with Gasteiger partial charge in [0.15, 0.2) is 0 Å². The van der Waals surface area contributed by atoms with Crippen LogP contribution in [0.4, 0.5) is 0 Å². The molecule has 0 aromatic carbocycles. The van der Waals surface area contributed by atoms with Crippen molar-refractivity contribution in [1.82, 2.24) is 20.3 Å². The van der Waals surface area contributed by atoms with Crippen LogP contribution in [0, 0.1) is 5.92 Å². The Labute approximate surface area is 89.8 Å². The van der Waals surface area contributed by atoms with Crippen molar-refractivity contribution in [3.05, 3.63) is 11.9 Å². The molecule has 1 aromatic rings. The monoisotopic (exact) mass is 210 g/mol. The minimum absolute atomic E-state index is 0.545. The first-order chi connectivity index (χ1) is 7.38. The zero-order valence-electron chi connectivity index (χ0n) is 9.15. The molecule has 0 radical (unpaired) electrons. The Morgan fingerprint density at radius 1 is 1.67 bits per heavy atom. The van der Waals surface area contributed by atoms with Gasteiger partial charge in [-0.3, -0.25) is 4.68 Å². The van der Waals surface area contributed by atoms with E-state index in [1.165, 1.54) is 12.8 Å². The van der Waals surface area contributed by atoms with Crippen LogP contribution in [0.2, 0.25) is 0 Å². The largest absolute Gasteiger partial charge is 0.378 e. The number of hydrogen-bond acceptors (Lipinski definition) is 4. The summed E-state index contributed by atoms with van der Waals surface area (Å²) in [5.41, 5.74) is 0.904. The highest BCUT2D eigenvalue weighted by Crippen LogP contribution is 2.11. The molecule has 0 spiro atoms. The van der Waals surface area contributed by atoms with Crippen LogP contribution in [0.15, 0.2) is 6.20 Å². The third-order valence-electron chi connectivity index (χ3n) is 2.72. The van der Waals surface area contributed by atoms with Gasteiger partial charge in [0, 0.05) is 13.7 Å². The molecule has 0 unspecified atom stereocenters. The molecule has 2 heterocycles. The maximum Gasteiger partial charge on any atom is 0.108 e. The summed E-state index contributed by atoms with van der Waals surface area (Å²) < 4.78 is 6.93. The minimum atomic E-state index is 0.545.